The summed E-state index contributed by atoms with van der Waals surface area (Å²) in [6.07, 6.45) is 5.69. The van der Waals surface area contributed by atoms with Gasteiger partial charge in [-0.05, 0) is 5.56 Å². The highest BCUT2D eigenvalue weighted by Gasteiger charge is 2.19. The number of aromatic nitrogens is 3. The number of hydrogen-bond acceptors (Lipinski definition) is 4. The summed E-state index contributed by atoms with van der Waals surface area (Å²) in [6, 6.07) is 10.3. The maximum Gasteiger partial charge on any atom is 0.213 e. The van der Waals surface area contributed by atoms with E-state index in [4.69, 9.17) is 4.42 Å². The van der Waals surface area contributed by atoms with Crippen molar-refractivity contribution in [2.24, 2.45) is 4.99 Å². The van der Waals surface area contributed by atoms with E-state index in [9.17, 15) is 0 Å². The summed E-state index contributed by atoms with van der Waals surface area (Å²) in [7, 11) is 1.74. The molecule has 7 heteroatoms. The number of rotatable bonds is 6. The molecule has 3 rings (SSSR count). The fraction of sp³-hybridized carbons (Fsp3) is 0.381. The molecule has 0 aliphatic heterocycles. The van der Waals surface area contributed by atoms with Gasteiger partial charge in [-0.1, -0.05) is 51.1 Å². The van der Waals surface area contributed by atoms with E-state index in [1.807, 2.05) is 35.3 Å². The van der Waals surface area contributed by atoms with E-state index in [1.54, 1.807) is 13.2 Å². The van der Waals surface area contributed by atoms with E-state index >= 15 is 0 Å². The van der Waals surface area contributed by atoms with Crippen molar-refractivity contribution in [1.82, 2.24) is 25.4 Å². The smallest absolute Gasteiger partial charge is 0.213 e. The third kappa shape index (κ3) is 5.45. The standard InChI is InChI=1S/C21H28N6O/c1-21(2,3)18-12-23-19(28-18)13-25-20(22-4)24-10-17-11-26-27(15-17)14-16-8-6-5-7-9-16/h5-9,11-12,15H,10,13-14H2,1-4H3,(H2,22,24,25). The second-order valence-corrected chi connectivity index (χ2v) is 7.68. The summed E-state index contributed by atoms with van der Waals surface area (Å²) < 4.78 is 7.73. The van der Waals surface area contributed by atoms with Crippen molar-refractivity contribution in [3.05, 3.63) is 71.7 Å². The highest BCUT2D eigenvalue weighted by molar-refractivity contribution is 5.79. The van der Waals surface area contributed by atoms with Crippen molar-refractivity contribution in [3.63, 3.8) is 0 Å². The topological polar surface area (TPSA) is 80.3 Å². The fourth-order valence-corrected chi connectivity index (χ4v) is 2.66. The molecule has 0 saturated heterocycles. The lowest BCUT2D eigenvalue weighted by Crippen LogP contribution is -2.36. The van der Waals surface area contributed by atoms with Crippen molar-refractivity contribution in [2.75, 3.05) is 7.05 Å². The molecule has 3 aromatic rings. The summed E-state index contributed by atoms with van der Waals surface area (Å²) in [5.74, 6) is 2.20. The van der Waals surface area contributed by atoms with Gasteiger partial charge < -0.3 is 15.1 Å². The number of guanidine groups is 1. The predicted molar refractivity (Wildman–Crippen MR) is 110 cm³/mol. The summed E-state index contributed by atoms with van der Waals surface area (Å²) in [4.78, 5) is 8.57. The lowest BCUT2D eigenvalue weighted by molar-refractivity contribution is 0.379. The Hall–Kier alpha value is -3.09. The maximum absolute atomic E-state index is 5.80. The molecular formula is C21H28N6O. The third-order valence-corrected chi connectivity index (χ3v) is 4.26. The average Bonchev–Trinajstić information content (AvgIpc) is 3.32. The van der Waals surface area contributed by atoms with Gasteiger partial charge in [0.15, 0.2) is 5.96 Å². The molecule has 1 aromatic carbocycles. The third-order valence-electron chi connectivity index (χ3n) is 4.26. The lowest BCUT2D eigenvalue weighted by Gasteiger charge is -2.13. The minimum absolute atomic E-state index is 0.0505. The SMILES string of the molecule is CN=C(NCc1cnn(Cc2ccccc2)c1)NCc1ncc(C(C)(C)C)o1. The van der Waals surface area contributed by atoms with Gasteiger partial charge in [0.25, 0.3) is 0 Å². The van der Waals surface area contributed by atoms with Gasteiger partial charge in [0.1, 0.15) is 5.76 Å². The number of nitrogens with zero attached hydrogens (tertiary/aromatic N) is 4. The Morgan fingerprint density at radius 2 is 1.82 bits per heavy atom. The fourth-order valence-electron chi connectivity index (χ4n) is 2.66. The van der Waals surface area contributed by atoms with E-state index < -0.39 is 0 Å². The van der Waals surface area contributed by atoms with Gasteiger partial charge in [0, 0.05) is 30.8 Å². The molecule has 0 unspecified atom stereocenters. The number of benzene rings is 1. The van der Waals surface area contributed by atoms with Crippen molar-refractivity contribution in [3.8, 4) is 0 Å². The van der Waals surface area contributed by atoms with Crippen LogP contribution in [-0.4, -0.2) is 27.8 Å². The highest BCUT2D eigenvalue weighted by atomic mass is 16.4. The van der Waals surface area contributed by atoms with Gasteiger partial charge in [-0.25, -0.2) is 4.98 Å². The molecule has 148 valence electrons. The van der Waals surface area contributed by atoms with Crippen molar-refractivity contribution in [1.29, 1.82) is 0 Å². The minimum atomic E-state index is -0.0505. The molecule has 0 saturated carbocycles. The summed E-state index contributed by atoms with van der Waals surface area (Å²) >= 11 is 0. The average molecular weight is 380 g/mol. The van der Waals surface area contributed by atoms with Crippen LogP contribution in [0.5, 0.6) is 0 Å². The Balaban J connectivity index is 1.48. The van der Waals surface area contributed by atoms with Crippen LogP contribution in [0.1, 0.15) is 43.5 Å². The molecule has 0 aliphatic rings. The number of nitrogens with one attached hydrogen (secondary N) is 2. The first kappa shape index (κ1) is 19.7. The zero-order chi connectivity index (χ0) is 20.0. The second-order valence-electron chi connectivity index (χ2n) is 7.68. The molecule has 2 heterocycles. The molecule has 2 aromatic heterocycles. The molecule has 0 radical (unpaired) electrons. The summed E-state index contributed by atoms with van der Waals surface area (Å²) in [5, 5.41) is 10.9. The van der Waals surface area contributed by atoms with E-state index in [-0.39, 0.29) is 5.41 Å². The van der Waals surface area contributed by atoms with Gasteiger partial charge in [-0.2, -0.15) is 5.10 Å². The molecule has 0 spiro atoms. The first-order valence-electron chi connectivity index (χ1n) is 9.39. The molecule has 28 heavy (non-hydrogen) atoms. The molecule has 0 aliphatic carbocycles. The largest absolute Gasteiger partial charge is 0.443 e. The normalized spacial score (nSPS) is 12.2. The lowest BCUT2D eigenvalue weighted by atomic mass is 9.94. The maximum atomic E-state index is 5.80. The molecule has 0 amide bonds. The van der Waals surface area contributed by atoms with Crippen LogP contribution in [0.25, 0.3) is 0 Å². The van der Waals surface area contributed by atoms with Gasteiger partial charge in [-0.15, -0.1) is 0 Å². The van der Waals surface area contributed by atoms with E-state index in [0.29, 0.717) is 24.9 Å². The Morgan fingerprint density at radius 3 is 2.50 bits per heavy atom. The zero-order valence-electron chi connectivity index (χ0n) is 16.9. The van der Waals surface area contributed by atoms with Crippen LogP contribution >= 0.6 is 0 Å². The molecular weight excluding hydrogens is 352 g/mol. The van der Waals surface area contributed by atoms with Crippen LogP contribution in [-0.2, 0) is 25.0 Å². The Labute approximate surface area is 165 Å². The van der Waals surface area contributed by atoms with Gasteiger partial charge in [0.05, 0.1) is 25.5 Å². The zero-order valence-corrected chi connectivity index (χ0v) is 16.9. The van der Waals surface area contributed by atoms with Crippen molar-refractivity contribution in [2.45, 2.75) is 45.8 Å². The van der Waals surface area contributed by atoms with E-state index in [2.05, 4.69) is 58.6 Å². The quantitative estimate of drug-likeness (QED) is 0.507. The first-order chi connectivity index (χ1) is 13.4. The number of aliphatic imine (C=N–C) groups is 1. The van der Waals surface area contributed by atoms with Crippen molar-refractivity contribution < 1.29 is 4.42 Å². The summed E-state index contributed by atoms with van der Waals surface area (Å²) in [5.41, 5.74) is 2.26. The molecule has 0 atom stereocenters. The van der Waals surface area contributed by atoms with E-state index in [1.165, 1.54) is 5.56 Å². The molecule has 0 fully saturated rings. The van der Waals surface area contributed by atoms with Crippen LogP contribution in [0.4, 0.5) is 0 Å². The molecule has 2 N–H and O–H groups in total. The van der Waals surface area contributed by atoms with Gasteiger partial charge in [-0.3, -0.25) is 9.67 Å². The molecule has 0 bridgehead atoms. The van der Waals surface area contributed by atoms with Crippen LogP contribution in [0.3, 0.4) is 0 Å². The van der Waals surface area contributed by atoms with Crippen LogP contribution < -0.4 is 10.6 Å². The second kappa shape index (κ2) is 8.73. The summed E-state index contributed by atoms with van der Waals surface area (Å²) in [6.45, 7) is 8.17. The van der Waals surface area contributed by atoms with E-state index in [0.717, 1.165) is 17.9 Å². The number of hydrogen-bond donors (Lipinski definition) is 2. The monoisotopic (exact) mass is 380 g/mol. The minimum Gasteiger partial charge on any atom is -0.443 e. The predicted octanol–water partition coefficient (Wildman–Crippen LogP) is 3.08. The first-order valence-corrected chi connectivity index (χ1v) is 9.39. The Bertz CT molecular complexity index is 904. The number of oxazole rings is 1. The van der Waals surface area contributed by atoms with Crippen molar-refractivity contribution >= 4 is 5.96 Å². The molecule has 7 nitrogen and oxygen atoms in total. The van der Waals surface area contributed by atoms with Crippen LogP contribution in [0, 0.1) is 0 Å². The highest BCUT2D eigenvalue weighted by Crippen LogP contribution is 2.22. The van der Waals surface area contributed by atoms with Crippen LogP contribution in [0.15, 0.2) is 58.3 Å². The van der Waals surface area contributed by atoms with Crippen LogP contribution in [0.2, 0.25) is 0 Å². The van der Waals surface area contributed by atoms with Gasteiger partial charge >= 0.3 is 0 Å². The Kier molecular flexibility index (Phi) is 6.13. The Morgan fingerprint density at radius 1 is 1.07 bits per heavy atom. The van der Waals surface area contributed by atoms with Gasteiger partial charge in [0.2, 0.25) is 5.89 Å².